The number of hydrogen-bond acceptors (Lipinski definition) is 2. The summed E-state index contributed by atoms with van der Waals surface area (Å²) in [6.45, 7) is 1.97. The highest BCUT2D eigenvalue weighted by molar-refractivity contribution is 6.30. The van der Waals surface area contributed by atoms with E-state index in [4.69, 9.17) is 11.6 Å². The lowest BCUT2D eigenvalue weighted by atomic mass is 10.1. The van der Waals surface area contributed by atoms with E-state index in [0.717, 1.165) is 5.56 Å². The van der Waals surface area contributed by atoms with Gasteiger partial charge in [-0.2, -0.15) is 0 Å². The molecule has 4 heteroatoms. The Bertz CT molecular complexity index is 321. The number of nitrogens with one attached hydrogen (secondary N) is 2. The zero-order valence-corrected chi connectivity index (χ0v) is 7.77. The fraction of sp³-hybridized carbons (Fsp3) is 0.375. The van der Waals surface area contributed by atoms with Crippen molar-refractivity contribution in [1.82, 2.24) is 10.3 Å². The molecule has 0 saturated heterocycles. The molecule has 0 aromatic carbocycles. The second kappa shape index (κ2) is 3.74. The maximum atomic E-state index is 10.8. The lowest BCUT2D eigenvalue weighted by Gasteiger charge is -2.10. The van der Waals surface area contributed by atoms with Crippen LogP contribution in [0.15, 0.2) is 16.9 Å². The maximum Gasteiger partial charge on any atom is 0.249 e. The second-order valence-corrected chi connectivity index (χ2v) is 2.98. The van der Waals surface area contributed by atoms with Gasteiger partial charge in [0, 0.05) is 17.7 Å². The molecular formula is C8H11ClN2O. The van der Waals surface area contributed by atoms with Gasteiger partial charge in [0.1, 0.15) is 5.15 Å². The Morgan fingerprint density at radius 1 is 1.58 bits per heavy atom. The number of rotatable bonds is 2. The Morgan fingerprint density at radius 2 is 2.25 bits per heavy atom. The summed E-state index contributed by atoms with van der Waals surface area (Å²) in [7, 11) is 1.84. The van der Waals surface area contributed by atoms with Crippen LogP contribution in [-0.4, -0.2) is 12.0 Å². The number of aromatic nitrogens is 1. The van der Waals surface area contributed by atoms with Gasteiger partial charge >= 0.3 is 0 Å². The molecule has 0 bridgehead atoms. The van der Waals surface area contributed by atoms with E-state index in [0.29, 0.717) is 5.15 Å². The number of pyridine rings is 1. The molecule has 3 nitrogen and oxygen atoms in total. The molecule has 1 aromatic heterocycles. The Balaban J connectivity index is 3.09. The average Bonchev–Trinajstić information content (AvgIpc) is 2.03. The van der Waals surface area contributed by atoms with Crippen molar-refractivity contribution in [2.24, 2.45) is 0 Å². The molecule has 0 aliphatic carbocycles. The smallest absolute Gasteiger partial charge is 0.249 e. The van der Waals surface area contributed by atoms with Crippen LogP contribution in [0.4, 0.5) is 0 Å². The van der Waals surface area contributed by atoms with Crippen LogP contribution in [0.25, 0.3) is 0 Å². The minimum Gasteiger partial charge on any atom is -0.313 e. The Hall–Kier alpha value is -0.800. The van der Waals surface area contributed by atoms with E-state index in [1.807, 2.05) is 14.0 Å². The summed E-state index contributed by atoms with van der Waals surface area (Å²) in [6.07, 6.45) is 0. The van der Waals surface area contributed by atoms with E-state index in [-0.39, 0.29) is 11.6 Å². The number of aromatic amines is 1. The van der Waals surface area contributed by atoms with Crippen LogP contribution in [0, 0.1) is 0 Å². The molecule has 1 rings (SSSR count). The summed E-state index contributed by atoms with van der Waals surface area (Å²) in [4.78, 5) is 13.3. The molecule has 1 atom stereocenters. The van der Waals surface area contributed by atoms with Crippen molar-refractivity contribution >= 4 is 11.6 Å². The van der Waals surface area contributed by atoms with Gasteiger partial charge in [-0.25, -0.2) is 0 Å². The highest BCUT2D eigenvalue weighted by atomic mass is 35.5. The first-order valence-electron chi connectivity index (χ1n) is 3.71. The fourth-order valence-corrected chi connectivity index (χ4v) is 1.27. The van der Waals surface area contributed by atoms with Gasteiger partial charge in [0.15, 0.2) is 0 Å². The molecule has 0 fully saturated rings. The predicted molar refractivity (Wildman–Crippen MR) is 49.5 cm³/mol. The van der Waals surface area contributed by atoms with E-state index in [1.165, 1.54) is 6.07 Å². The van der Waals surface area contributed by atoms with Gasteiger partial charge in [-0.1, -0.05) is 11.6 Å². The summed E-state index contributed by atoms with van der Waals surface area (Å²) >= 11 is 5.81. The molecule has 1 aromatic rings. The highest BCUT2D eigenvalue weighted by Gasteiger charge is 2.06. The van der Waals surface area contributed by atoms with Crippen LogP contribution in [0.1, 0.15) is 18.5 Å². The van der Waals surface area contributed by atoms with Gasteiger partial charge < -0.3 is 10.3 Å². The third kappa shape index (κ3) is 1.87. The van der Waals surface area contributed by atoms with E-state index in [9.17, 15) is 4.79 Å². The minimum atomic E-state index is -0.174. The number of hydrogen-bond donors (Lipinski definition) is 2. The van der Waals surface area contributed by atoms with Crippen molar-refractivity contribution in [1.29, 1.82) is 0 Å². The molecule has 2 N–H and O–H groups in total. The maximum absolute atomic E-state index is 10.8. The highest BCUT2D eigenvalue weighted by Crippen LogP contribution is 2.17. The lowest BCUT2D eigenvalue weighted by molar-refractivity contribution is 0.649. The monoisotopic (exact) mass is 186 g/mol. The fourth-order valence-electron chi connectivity index (χ4n) is 0.951. The lowest BCUT2D eigenvalue weighted by Crippen LogP contribution is -2.15. The molecule has 0 saturated carbocycles. The zero-order valence-electron chi connectivity index (χ0n) is 7.02. The predicted octanol–water partition coefficient (Wildman–Crippen LogP) is 1.31. The van der Waals surface area contributed by atoms with Crippen molar-refractivity contribution < 1.29 is 0 Å². The number of H-pyrrole nitrogens is 1. The SMILES string of the molecule is CNC(C)c1ccc(=O)[nH]c1Cl. The molecule has 0 spiro atoms. The molecule has 12 heavy (non-hydrogen) atoms. The zero-order chi connectivity index (χ0) is 9.14. The molecular weight excluding hydrogens is 176 g/mol. The summed E-state index contributed by atoms with van der Waals surface area (Å²) < 4.78 is 0. The van der Waals surface area contributed by atoms with Crippen LogP contribution in [0.5, 0.6) is 0 Å². The number of halogens is 1. The van der Waals surface area contributed by atoms with Crippen molar-refractivity contribution in [2.75, 3.05) is 7.05 Å². The quantitative estimate of drug-likeness (QED) is 0.685. The van der Waals surface area contributed by atoms with Crippen LogP contribution in [0.3, 0.4) is 0 Å². The van der Waals surface area contributed by atoms with Gasteiger partial charge in [-0.3, -0.25) is 4.79 Å². The molecule has 0 radical (unpaired) electrons. The van der Waals surface area contributed by atoms with Crippen LogP contribution in [-0.2, 0) is 0 Å². The largest absolute Gasteiger partial charge is 0.313 e. The Labute approximate surface area is 75.8 Å². The standard InChI is InChI=1S/C8H11ClN2O/c1-5(10-2)6-3-4-7(12)11-8(6)9/h3-5,10H,1-2H3,(H,11,12). The summed E-state index contributed by atoms with van der Waals surface area (Å²) in [5.41, 5.74) is 0.728. The normalized spacial score (nSPS) is 12.9. The third-order valence-electron chi connectivity index (χ3n) is 1.80. The van der Waals surface area contributed by atoms with E-state index >= 15 is 0 Å². The van der Waals surface area contributed by atoms with E-state index in [2.05, 4.69) is 10.3 Å². The van der Waals surface area contributed by atoms with Gasteiger partial charge in [0.05, 0.1) is 0 Å². The first-order valence-corrected chi connectivity index (χ1v) is 4.09. The van der Waals surface area contributed by atoms with E-state index in [1.54, 1.807) is 6.07 Å². The van der Waals surface area contributed by atoms with Gasteiger partial charge in [0.2, 0.25) is 5.56 Å². The van der Waals surface area contributed by atoms with Gasteiger partial charge in [-0.05, 0) is 20.0 Å². The van der Waals surface area contributed by atoms with Gasteiger partial charge in [-0.15, -0.1) is 0 Å². The Morgan fingerprint density at radius 3 is 2.75 bits per heavy atom. The first-order chi connectivity index (χ1) is 5.65. The molecule has 66 valence electrons. The minimum absolute atomic E-state index is 0.148. The Kier molecular flexibility index (Phi) is 2.89. The third-order valence-corrected chi connectivity index (χ3v) is 2.11. The second-order valence-electron chi connectivity index (χ2n) is 2.60. The molecule has 0 aliphatic heterocycles. The van der Waals surface area contributed by atoms with Crippen molar-refractivity contribution in [3.8, 4) is 0 Å². The molecule has 0 aliphatic rings. The first kappa shape index (κ1) is 9.29. The van der Waals surface area contributed by atoms with Crippen LogP contribution >= 0.6 is 11.6 Å². The molecule has 1 heterocycles. The van der Waals surface area contributed by atoms with E-state index < -0.39 is 0 Å². The topological polar surface area (TPSA) is 44.9 Å². The van der Waals surface area contributed by atoms with Gasteiger partial charge in [0.25, 0.3) is 0 Å². The summed E-state index contributed by atoms with van der Waals surface area (Å²) in [5, 5.41) is 3.44. The van der Waals surface area contributed by atoms with Crippen molar-refractivity contribution in [3.05, 3.63) is 33.2 Å². The average molecular weight is 187 g/mol. The van der Waals surface area contributed by atoms with Crippen LogP contribution in [0.2, 0.25) is 5.15 Å². The summed E-state index contributed by atoms with van der Waals surface area (Å²) in [6, 6.07) is 3.34. The van der Waals surface area contributed by atoms with Crippen LogP contribution < -0.4 is 10.9 Å². The molecule has 0 amide bonds. The summed E-state index contributed by atoms with van der Waals surface area (Å²) in [5.74, 6) is 0. The molecule has 1 unspecified atom stereocenters. The van der Waals surface area contributed by atoms with Crippen molar-refractivity contribution in [2.45, 2.75) is 13.0 Å². The van der Waals surface area contributed by atoms with Crippen molar-refractivity contribution in [3.63, 3.8) is 0 Å².